The summed E-state index contributed by atoms with van der Waals surface area (Å²) < 4.78 is 10.2. The number of carbonyl (C=O) groups is 16. The lowest BCUT2D eigenvalue weighted by Crippen LogP contribution is -2.53. The number of Topliss-reactive ketones (excluding diaryl/α,β-unsaturated/α-hetero) is 3. The van der Waals surface area contributed by atoms with Crippen molar-refractivity contribution >= 4 is 121 Å². The second-order valence-corrected chi connectivity index (χ2v) is 25.5. The van der Waals surface area contributed by atoms with Crippen LogP contribution < -0.4 is 43.0 Å². The van der Waals surface area contributed by atoms with Gasteiger partial charge in [0.05, 0.1) is 24.4 Å². The number of carboxylic acids is 8. The van der Waals surface area contributed by atoms with Crippen molar-refractivity contribution in [3.8, 4) is 0 Å². The van der Waals surface area contributed by atoms with Gasteiger partial charge in [0.15, 0.2) is 11.6 Å². The largest absolute Gasteiger partial charge is 0.481 e. The second kappa shape index (κ2) is 64.6. The number of nitrogens with one attached hydrogen (secondary N) is 7. The SMILES string of the molecule is CC[C@H](CC(=O)[C@H](CC(=O)O)NC(=O)[C@@H](N)CNC(=O)[C@@H](CC(=O)[C@H](Cc1ccccc1)NC(=O)CCCCCCCCC(=O)CC[C@H](NC(=O)NCCCC(=O)O)C(=O)O)Cc1ccccc1)C(=O)O.O=C(O)CCCCP(=O)(O)O.O=C(O)CCCNC(=O)N[C@@H](CCC(=O)O)C(=O)O.O=C=O.O=C=O.O=C=O. The van der Waals surface area contributed by atoms with Gasteiger partial charge in [0.2, 0.25) is 17.7 Å². The van der Waals surface area contributed by atoms with Gasteiger partial charge in [0.25, 0.3) is 0 Å². The van der Waals surface area contributed by atoms with Crippen LogP contribution in [-0.4, -0.2) is 220 Å². The van der Waals surface area contributed by atoms with Crippen LogP contribution in [0, 0.1) is 11.8 Å². The van der Waals surface area contributed by atoms with Crippen molar-refractivity contribution in [1.82, 2.24) is 37.2 Å². The molecule has 2 aromatic carbocycles. The van der Waals surface area contributed by atoms with E-state index in [1.54, 1.807) is 49.4 Å². The Labute approximate surface area is 629 Å². The highest BCUT2D eigenvalue weighted by molar-refractivity contribution is 7.51. The lowest BCUT2D eigenvalue weighted by Gasteiger charge is -2.23. The molecule has 0 unspecified atom stereocenters. The van der Waals surface area contributed by atoms with E-state index in [9.17, 15) is 96.6 Å². The highest BCUT2D eigenvalue weighted by Crippen LogP contribution is 2.35. The molecule has 0 fully saturated rings. The number of benzene rings is 2. The average molecular weight is 1590 g/mol. The Morgan fingerprint density at radius 1 is 0.409 bits per heavy atom. The third-order valence-corrected chi connectivity index (χ3v) is 15.7. The number of carboxylic acid groups (broad SMARTS) is 8. The van der Waals surface area contributed by atoms with E-state index >= 15 is 0 Å². The second-order valence-electron chi connectivity index (χ2n) is 23.7. The summed E-state index contributed by atoms with van der Waals surface area (Å²) in [4.78, 5) is 255. The fourth-order valence-corrected chi connectivity index (χ4v) is 9.90. The lowest BCUT2D eigenvalue weighted by atomic mass is 9.89. The van der Waals surface area contributed by atoms with Crippen molar-refractivity contribution in [3.05, 3.63) is 71.8 Å². The maximum Gasteiger partial charge on any atom is 0.373 e. The summed E-state index contributed by atoms with van der Waals surface area (Å²) in [5.41, 5.74) is 7.57. The molecule has 2 aromatic rings. The predicted octanol–water partition coefficient (Wildman–Crippen LogP) is 1.23. The van der Waals surface area contributed by atoms with Crippen molar-refractivity contribution in [3.63, 3.8) is 0 Å². The van der Waals surface area contributed by atoms with Gasteiger partial charge >= 0.3 is 85.9 Å². The molecular weight excluding hydrogens is 1490 g/mol. The summed E-state index contributed by atoms with van der Waals surface area (Å²) in [7, 11) is -3.92. The number of aliphatic carboxylic acids is 8. The first kappa shape index (κ1) is 105. The van der Waals surface area contributed by atoms with Gasteiger partial charge in [-0.25, -0.2) is 19.2 Å². The molecule has 0 aliphatic rings. The molecule has 0 saturated carbocycles. The van der Waals surface area contributed by atoms with Crippen molar-refractivity contribution in [2.45, 2.75) is 198 Å². The van der Waals surface area contributed by atoms with E-state index in [4.69, 9.17) is 69.8 Å². The molecule has 0 aliphatic heterocycles. The third-order valence-electron chi connectivity index (χ3n) is 14.8. The van der Waals surface area contributed by atoms with Gasteiger partial charge in [-0.3, -0.25) is 62.1 Å². The number of amides is 7. The standard InChI is InChI=1S/C50H70N6O15.C10H16N2O7.C5H11O5P.3CO2/c1-2-34(48(67)68)28-41(58)40(30-45(63)64)55-47(66)37(51)31-53-46(65)35(26-32-16-9-7-10-17-32)29-42(59)39(27-33-18-11-8-12-19-33)54-43(60)21-14-6-4-3-5-13-20-36(57)23-24-38(49(69)70)56-50(71)52-25-15-22-44(61)62;13-7(14)2-1-5-11-10(19)12-6(9(17)18)3-4-8(15)16;6-5(7)3-1-2-4-11(8,9)10;3*2-1-3/h7-12,16-19,34-35,37-40H,2-6,13-15,20-31,51H2,1H3,(H,53,65)(H,54,60)(H,55,66)(H,61,62)(H,63,64)(H,67,68)(H,69,70)(H2,52,56,71);6H,1-5H2,(H,13,14)(H,15,16)(H,17,18)(H2,11,12,19);1-4H2,(H,6,7)(H2,8,9,10);;;/t34-,35-,37+,38+,39+,40+;6-;;;;/m10..../s1. The topological polar surface area (TPSA) is 705 Å². The van der Waals surface area contributed by atoms with Crippen LogP contribution in [0.15, 0.2) is 60.7 Å². The fraction of sp³-hybridized carbons (Fsp3) is 0.544. The molecule has 2 rings (SSSR count). The summed E-state index contributed by atoms with van der Waals surface area (Å²) in [6.45, 7) is 1.24. The Morgan fingerprint density at radius 3 is 1.23 bits per heavy atom. The van der Waals surface area contributed by atoms with E-state index in [0.717, 1.165) is 30.4 Å². The summed E-state index contributed by atoms with van der Waals surface area (Å²) in [5, 5.41) is 87.3. The molecule has 612 valence electrons. The Morgan fingerprint density at radius 2 is 0.809 bits per heavy atom. The molecule has 42 heteroatoms. The first-order chi connectivity index (χ1) is 51.8. The molecular formula is C68H97N8O33P. The number of hydrogen-bond donors (Lipinski definition) is 18. The fourth-order valence-electron chi connectivity index (χ4n) is 9.26. The van der Waals surface area contributed by atoms with Gasteiger partial charge in [-0.2, -0.15) is 28.8 Å². The molecule has 0 aromatic heterocycles. The third kappa shape index (κ3) is 62.6. The van der Waals surface area contributed by atoms with Crippen LogP contribution in [0.4, 0.5) is 9.59 Å². The predicted molar refractivity (Wildman–Crippen MR) is 373 cm³/mol. The maximum atomic E-state index is 14.1. The highest BCUT2D eigenvalue weighted by atomic mass is 31.2. The summed E-state index contributed by atoms with van der Waals surface area (Å²) in [5.74, 6) is -14.8. The van der Waals surface area contributed by atoms with Crippen molar-refractivity contribution in [2.75, 3.05) is 25.8 Å². The van der Waals surface area contributed by atoms with Crippen molar-refractivity contribution < 1.29 is 161 Å². The van der Waals surface area contributed by atoms with E-state index in [0.29, 0.717) is 25.7 Å². The minimum atomic E-state index is -3.92. The van der Waals surface area contributed by atoms with Crippen LogP contribution in [0.25, 0.3) is 0 Å². The Balaban J connectivity index is -0.00000117. The lowest BCUT2D eigenvalue weighted by molar-refractivity contribution is -0.193. The Bertz CT molecular complexity index is 3350. The van der Waals surface area contributed by atoms with E-state index in [-0.39, 0.29) is 152 Å². The molecule has 0 radical (unpaired) electrons. The van der Waals surface area contributed by atoms with Crippen LogP contribution in [0.2, 0.25) is 0 Å². The van der Waals surface area contributed by atoms with Crippen LogP contribution in [-0.2, 0) is 113 Å². The van der Waals surface area contributed by atoms with Gasteiger partial charge in [0.1, 0.15) is 23.9 Å². The Hall–Kier alpha value is -11.6. The molecule has 0 saturated heterocycles. The molecule has 41 nitrogen and oxygen atoms in total. The first-order valence-corrected chi connectivity index (χ1v) is 35.7. The zero-order valence-corrected chi connectivity index (χ0v) is 61.1. The number of hydrogen-bond acceptors (Lipinski definition) is 24. The number of rotatable bonds is 52. The van der Waals surface area contributed by atoms with Gasteiger partial charge < -0.3 is 93.6 Å². The molecule has 0 heterocycles. The molecule has 0 spiro atoms. The number of urea groups is 2. The minimum absolute atomic E-state index is 0.0278. The van der Waals surface area contributed by atoms with E-state index in [1.165, 1.54) is 0 Å². The van der Waals surface area contributed by atoms with Gasteiger partial charge in [-0.15, -0.1) is 0 Å². The molecule has 0 bridgehead atoms. The summed E-state index contributed by atoms with van der Waals surface area (Å²) in [6.07, 6.45) is 3.65. The number of nitrogens with two attached hydrogens (primary N) is 1. The van der Waals surface area contributed by atoms with Crippen LogP contribution in [0.1, 0.15) is 166 Å². The molecule has 7 amide bonds. The molecule has 110 heavy (non-hydrogen) atoms. The molecule has 7 atom stereocenters. The number of unbranched alkanes of at least 4 members (excludes halogenated alkanes) is 6. The molecule has 0 aliphatic carbocycles. The summed E-state index contributed by atoms with van der Waals surface area (Å²) in [6, 6.07) is 9.77. The smallest absolute Gasteiger partial charge is 0.373 e. The minimum Gasteiger partial charge on any atom is -0.481 e. The van der Waals surface area contributed by atoms with Crippen LogP contribution in [0.5, 0.6) is 0 Å². The number of carbonyl (C=O) groups excluding carboxylic acids is 14. The van der Waals surface area contributed by atoms with E-state index in [1.807, 2.05) is 18.2 Å². The van der Waals surface area contributed by atoms with Crippen molar-refractivity contribution in [1.29, 1.82) is 0 Å². The van der Waals surface area contributed by atoms with Gasteiger partial charge in [-0.05, 0) is 81.8 Å². The first-order valence-electron chi connectivity index (χ1n) is 33.9. The van der Waals surface area contributed by atoms with Crippen LogP contribution >= 0.6 is 7.60 Å². The molecule has 19 N–H and O–H groups in total. The van der Waals surface area contributed by atoms with Gasteiger partial charge in [-0.1, -0.05) is 93.3 Å². The maximum absolute atomic E-state index is 14.1. The normalized spacial score (nSPS) is 12.0. The van der Waals surface area contributed by atoms with Gasteiger partial charge in [0, 0.05) is 89.5 Å². The number of ketones is 3. The Kier molecular flexibility index (Phi) is 61.5. The zero-order valence-electron chi connectivity index (χ0n) is 60.2. The van der Waals surface area contributed by atoms with E-state index < -0.39 is 152 Å². The summed E-state index contributed by atoms with van der Waals surface area (Å²) >= 11 is 0. The quantitative estimate of drug-likeness (QED) is 0.0327. The average Bonchev–Trinajstić information content (AvgIpc) is 0.862. The monoisotopic (exact) mass is 1580 g/mol. The highest BCUT2D eigenvalue weighted by Gasteiger charge is 2.32. The van der Waals surface area contributed by atoms with E-state index in [2.05, 4.69) is 37.2 Å². The zero-order chi connectivity index (χ0) is 84.6. The van der Waals surface area contributed by atoms with Crippen molar-refractivity contribution in [2.24, 2.45) is 17.6 Å². The van der Waals surface area contributed by atoms with Crippen LogP contribution in [0.3, 0.4) is 0 Å².